The normalized spacial score (nSPS) is 16.9. The zero-order valence-electron chi connectivity index (χ0n) is 20.7. The summed E-state index contributed by atoms with van der Waals surface area (Å²) in [6.45, 7) is 3.39. The minimum Gasteiger partial charge on any atom is -0.497 e. The molecule has 0 radical (unpaired) electrons. The third-order valence-electron chi connectivity index (χ3n) is 7.24. The summed E-state index contributed by atoms with van der Waals surface area (Å²) < 4.78 is 13.1. The molecular weight excluding hydrogens is 452 g/mol. The van der Waals surface area contributed by atoms with Crippen LogP contribution in [0.4, 0.5) is 17.2 Å². The van der Waals surface area contributed by atoms with Gasteiger partial charge in [0, 0.05) is 36.1 Å². The molecule has 2 aromatic carbocycles. The minimum absolute atomic E-state index is 0.433. The van der Waals surface area contributed by atoms with Crippen LogP contribution >= 0.6 is 0 Å². The number of benzene rings is 2. The quantitative estimate of drug-likeness (QED) is 0.382. The molecule has 4 aromatic rings. The standard InChI is InChI=1S/C28H32N6O2/c1-35-24-13-7-20(8-14-24)26-31-27(25-28(32-26)34(19-29-25)23-5-3-2-4-6-23)30-21-9-11-22(12-10-21)33-15-17-36-18-16-33/h7-14,19,23H,2-6,15-18H2,1H3,(H,30,31,32). The Hall–Kier alpha value is -3.65. The van der Waals surface area contributed by atoms with Gasteiger partial charge in [0.15, 0.2) is 22.8 Å². The van der Waals surface area contributed by atoms with Gasteiger partial charge in [-0.2, -0.15) is 0 Å². The maximum atomic E-state index is 5.49. The highest BCUT2D eigenvalue weighted by Crippen LogP contribution is 2.34. The molecule has 8 heteroatoms. The van der Waals surface area contributed by atoms with E-state index in [1.165, 1.54) is 37.8 Å². The highest BCUT2D eigenvalue weighted by Gasteiger charge is 2.21. The molecule has 36 heavy (non-hydrogen) atoms. The van der Waals surface area contributed by atoms with Crippen LogP contribution in [0.3, 0.4) is 0 Å². The van der Waals surface area contributed by atoms with Crippen molar-refractivity contribution in [2.45, 2.75) is 38.1 Å². The van der Waals surface area contributed by atoms with E-state index in [-0.39, 0.29) is 0 Å². The van der Waals surface area contributed by atoms with Crippen molar-refractivity contribution in [1.29, 1.82) is 0 Å². The molecule has 0 unspecified atom stereocenters. The number of hydrogen-bond acceptors (Lipinski definition) is 7. The van der Waals surface area contributed by atoms with Gasteiger partial charge in [-0.3, -0.25) is 0 Å². The van der Waals surface area contributed by atoms with Crippen LogP contribution in [0.2, 0.25) is 0 Å². The monoisotopic (exact) mass is 484 g/mol. The molecule has 0 amide bonds. The summed E-state index contributed by atoms with van der Waals surface area (Å²) in [7, 11) is 1.67. The molecule has 2 aromatic heterocycles. The van der Waals surface area contributed by atoms with Crippen molar-refractivity contribution >= 4 is 28.4 Å². The van der Waals surface area contributed by atoms with E-state index in [9.17, 15) is 0 Å². The third kappa shape index (κ3) is 4.60. The first-order chi connectivity index (χ1) is 17.8. The summed E-state index contributed by atoms with van der Waals surface area (Å²) in [4.78, 5) is 17.1. The molecule has 186 valence electrons. The Bertz CT molecular complexity index is 1310. The van der Waals surface area contributed by atoms with E-state index in [1.54, 1.807) is 7.11 Å². The van der Waals surface area contributed by atoms with Crippen LogP contribution in [0.25, 0.3) is 22.6 Å². The van der Waals surface area contributed by atoms with Crippen molar-refractivity contribution in [3.8, 4) is 17.1 Å². The number of imidazole rings is 1. The number of aromatic nitrogens is 4. The first-order valence-electron chi connectivity index (χ1n) is 12.9. The van der Waals surface area contributed by atoms with E-state index < -0.39 is 0 Å². The average molecular weight is 485 g/mol. The van der Waals surface area contributed by atoms with Crippen molar-refractivity contribution in [1.82, 2.24) is 19.5 Å². The number of hydrogen-bond donors (Lipinski definition) is 1. The van der Waals surface area contributed by atoms with Gasteiger partial charge in [-0.25, -0.2) is 15.0 Å². The van der Waals surface area contributed by atoms with E-state index in [0.29, 0.717) is 11.9 Å². The third-order valence-corrected chi connectivity index (χ3v) is 7.24. The number of anilines is 3. The highest BCUT2D eigenvalue weighted by molar-refractivity contribution is 5.87. The van der Waals surface area contributed by atoms with Gasteiger partial charge < -0.3 is 24.3 Å². The number of rotatable bonds is 6. The lowest BCUT2D eigenvalue weighted by Crippen LogP contribution is -2.36. The predicted octanol–water partition coefficient (Wildman–Crippen LogP) is 5.59. The van der Waals surface area contributed by atoms with Crippen molar-refractivity contribution in [3.05, 3.63) is 54.9 Å². The molecule has 2 aliphatic rings. The second-order valence-electron chi connectivity index (χ2n) is 9.51. The molecule has 1 N–H and O–H groups in total. The van der Waals surface area contributed by atoms with Gasteiger partial charge in [0.25, 0.3) is 0 Å². The van der Waals surface area contributed by atoms with Crippen LogP contribution in [-0.2, 0) is 4.74 Å². The van der Waals surface area contributed by atoms with Crippen LogP contribution in [0.5, 0.6) is 5.75 Å². The van der Waals surface area contributed by atoms with Gasteiger partial charge >= 0.3 is 0 Å². The van der Waals surface area contributed by atoms with E-state index >= 15 is 0 Å². The van der Waals surface area contributed by atoms with Gasteiger partial charge in [-0.15, -0.1) is 0 Å². The molecule has 1 saturated heterocycles. The topological polar surface area (TPSA) is 77.3 Å². The number of morpholine rings is 1. The largest absolute Gasteiger partial charge is 0.497 e. The molecule has 1 saturated carbocycles. The maximum Gasteiger partial charge on any atom is 0.166 e. The fourth-order valence-corrected chi connectivity index (χ4v) is 5.21. The molecular formula is C28H32N6O2. The van der Waals surface area contributed by atoms with Crippen LogP contribution < -0.4 is 15.0 Å². The second kappa shape index (κ2) is 10.1. The van der Waals surface area contributed by atoms with Crippen molar-refractivity contribution < 1.29 is 9.47 Å². The molecule has 0 spiro atoms. The van der Waals surface area contributed by atoms with Gasteiger partial charge in [-0.05, 0) is 61.4 Å². The fraction of sp³-hybridized carbons (Fsp3) is 0.393. The molecule has 3 heterocycles. The summed E-state index contributed by atoms with van der Waals surface area (Å²) in [6, 6.07) is 16.8. The lowest BCUT2D eigenvalue weighted by molar-refractivity contribution is 0.122. The van der Waals surface area contributed by atoms with E-state index in [0.717, 1.165) is 60.3 Å². The molecule has 1 aliphatic carbocycles. The molecule has 2 fully saturated rings. The molecule has 6 rings (SSSR count). The summed E-state index contributed by atoms with van der Waals surface area (Å²) in [5.41, 5.74) is 4.81. The number of ether oxygens (including phenoxy) is 2. The lowest BCUT2D eigenvalue weighted by Gasteiger charge is -2.28. The van der Waals surface area contributed by atoms with Gasteiger partial charge in [0.2, 0.25) is 0 Å². The molecule has 8 nitrogen and oxygen atoms in total. The Kier molecular flexibility index (Phi) is 6.42. The van der Waals surface area contributed by atoms with Crippen LogP contribution in [0.1, 0.15) is 38.1 Å². The van der Waals surface area contributed by atoms with Gasteiger partial charge in [0.05, 0.1) is 26.7 Å². The number of methoxy groups -OCH3 is 1. The van der Waals surface area contributed by atoms with Crippen molar-refractivity contribution in [2.24, 2.45) is 0 Å². The zero-order valence-corrected chi connectivity index (χ0v) is 20.7. The van der Waals surface area contributed by atoms with Crippen molar-refractivity contribution in [2.75, 3.05) is 43.6 Å². The maximum absolute atomic E-state index is 5.49. The summed E-state index contributed by atoms with van der Waals surface area (Å²) in [5, 5.41) is 3.53. The minimum atomic E-state index is 0.433. The van der Waals surface area contributed by atoms with E-state index in [4.69, 9.17) is 24.4 Å². The number of nitrogens with one attached hydrogen (secondary N) is 1. The van der Waals surface area contributed by atoms with E-state index in [1.807, 2.05) is 30.6 Å². The first kappa shape index (κ1) is 22.8. The summed E-state index contributed by atoms with van der Waals surface area (Å²) in [5.74, 6) is 2.21. The predicted molar refractivity (Wildman–Crippen MR) is 142 cm³/mol. The summed E-state index contributed by atoms with van der Waals surface area (Å²) >= 11 is 0. The van der Waals surface area contributed by atoms with Crippen LogP contribution in [-0.4, -0.2) is 52.9 Å². The number of nitrogens with zero attached hydrogens (tertiary/aromatic N) is 5. The van der Waals surface area contributed by atoms with Gasteiger partial charge in [-0.1, -0.05) is 19.3 Å². The Morgan fingerprint density at radius 2 is 1.67 bits per heavy atom. The number of fused-ring (bicyclic) bond motifs is 1. The molecule has 0 atom stereocenters. The molecule has 0 bridgehead atoms. The average Bonchev–Trinajstić information content (AvgIpc) is 3.39. The first-order valence-corrected chi connectivity index (χ1v) is 12.9. The lowest BCUT2D eigenvalue weighted by atomic mass is 9.95. The Labute approximate surface area is 211 Å². The zero-order chi connectivity index (χ0) is 24.3. The fourth-order valence-electron chi connectivity index (χ4n) is 5.21. The SMILES string of the molecule is COc1ccc(-c2nc(Nc3ccc(N4CCOCC4)cc3)c3ncn(C4CCCCC4)c3n2)cc1. The second-order valence-corrected chi connectivity index (χ2v) is 9.51. The summed E-state index contributed by atoms with van der Waals surface area (Å²) in [6.07, 6.45) is 8.09. The van der Waals surface area contributed by atoms with Crippen LogP contribution in [0.15, 0.2) is 54.9 Å². The van der Waals surface area contributed by atoms with Crippen LogP contribution in [0, 0.1) is 0 Å². The smallest absolute Gasteiger partial charge is 0.166 e. The Balaban J connectivity index is 1.36. The Morgan fingerprint density at radius 1 is 0.917 bits per heavy atom. The van der Waals surface area contributed by atoms with Crippen molar-refractivity contribution in [3.63, 3.8) is 0 Å². The van der Waals surface area contributed by atoms with E-state index in [2.05, 4.69) is 39.0 Å². The Morgan fingerprint density at radius 3 is 2.39 bits per heavy atom. The highest BCUT2D eigenvalue weighted by atomic mass is 16.5. The molecule has 1 aliphatic heterocycles. The van der Waals surface area contributed by atoms with Gasteiger partial charge in [0.1, 0.15) is 5.75 Å².